The number of halogens is 2. The monoisotopic (exact) mass is 146 g/mol. The van der Waals surface area contributed by atoms with Crippen LogP contribution in [0, 0.1) is 0 Å². The average Bonchev–Trinajstić information content (AvgIpc) is 1.82. The third kappa shape index (κ3) is 3.95. The van der Waals surface area contributed by atoms with E-state index in [0.717, 1.165) is 0 Å². The summed E-state index contributed by atoms with van der Waals surface area (Å²) in [5.41, 5.74) is 0. The Morgan fingerprint density at radius 1 is 1.20 bits per heavy atom. The van der Waals surface area contributed by atoms with Gasteiger partial charge < -0.3 is 0 Å². The first-order valence-corrected chi connectivity index (χ1v) is 2.75. The molecule has 3 heteroatoms. The van der Waals surface area contributed by atoms with Gasteiger partial charge in [0.1, 0.15) is 0 Å². The minimum absolute atomic E-state index is 0.123. The molecule has 0 rings (SSSR count). The van der Waals surface area contributed by atoms with Crippen molar-refractivity contribution in [3.8, 4) is 0 Å². The molecular weight excluding hydrogens is 138 g/mol. The maximum atomic E-state index is 11.8. The van der Waals surface area contributed by atoms with E-state index < -0.39 is 17.4 Å². The first-order chi connectivity index (χ1) is 4.54. The number of allylic oxidation sites excluding steroid dienone is 2. The van der Waals surface area contributed by atoms with E-state index >= 15 is 0 Å². The van der Waals surface area contributed by atoms with Crippen molar-refractivity contribution in [2.45, 2.75) is 12.8 Å². The largest absolute Gasteiger partial charge is 0.292 e. The summed E-state index contributed by atoms with van der Waals surface area (Å²) in [5.74, 6) is -2.41. The first-order valence-electron chi connectivity index (χ1n) is 2.75. The van der Waals surface area contributed by atoms with Crippen LogP contribution in [0.15, 0.2) is 24.8 Å². The van der Waals surface area contributed by atoms with Crippen molar-refractivity contribution in [2.75, 3.05) is 0 Å². The summed E-state index contributed by atoms with van der Waals surface area (Å²) < 4.78 is 23.7. The second-order valence-corrected chi connectivity index (χ2v) is 1.85. The summed E-state index contributed by atoms with van der Waals surface area (Å²) in [6, 6.07) is 0. The predicted octanol–water partition coefficient (Wildman–Crippen LogP) is 2.30. The lowest BCUT2D eigenvalue weighted by atomic mass is 10.2. The molecule has 0 heterocycles. The average molecular weight is 146 g/mol. The highest BCUT2D eigenvalue weighted by Crippen LogP contribution is 2.07. The third-order valence-electron chi connectivity index (χ3n) is 0.926. The Morgan fingerprint density at radius 2 is 1.70 bits per heavy atom. The van der Waals surface area contributed by atoms with Crippen LogP contribution in [-0.4, -0.2) is 5.78 Å². The van der Waals surface area contributed by atoms with Gasteiger partial charge in [0.2, 0.25) is 0 Å². The number of carbonyl (C=O) groups excluding carboxylic acids is 1. The Labute approximate surface area is 58.0 Å². The number of carbonyl (C=O) groups is 1. The van der Waals surface area contributed by atoms with Gasteiger partial charge in [-0.15, -0.1) is 0 Å². The van der Waals surface area contributed by atoms with Crippen LogP contribution in [0.3, 0.4) is 0 Å². The fraction of sp³-hybridized carbons (Fsp3) is 0.286. The summed E-state index contributed by atoms with van der Waals surface area (Å²) in [6.07, 6.45) is -0.313. The van der Waals surface area contributed by atoms with Gasteiger partial charge in [0.05, 0.1) is 5.83 Å². The lowest BCUT2D eigenvalue weighted by molar-refractivity contribution is -0.116. The second-order valence-electron chi connectivity index (χ2n) is 1.85. The highest BCUT2D eigenvalue weighted by atomic mass is 19.1. The Bertz CT molecular complexity index is 172. The molecule has 0 unspecified atom stereocenters. The summed E-state index contributed by atoms with van der Waals surface area (Å²) in [4.78, 5) is 10.4. The summed E-state index contributed by atoms with van der Waals surface area (Å²) in [6.45, 7) is 5.68. The lowest BCUT2D eigenvalue weighted by Gasteiger charge is -1.92. The van der Waals surface area contributed by atoms with Crippen molar-refractivity contribution in [3.63, 3.8) is 0 Å². The number of Topliss-reactive ketones (excluding diaryl/α,β-unsaturated/α-hetero) is 1. The van der Waals surface area contributed by atoms with Gasteiger partial charge >= 0.3 is 0 Å². The molecule has 0 amide bonds. The fourth-order valence-corrected chi connectivity index (χ4v) is 0.385. The molecular formula is C7H8F2O. The number of ketones is 1. The van der Waals surface area contributed by atoms with Gasteiger partial charge in [0.25, 0.3) is 0 Å². The molecule has 10 heavy (non-hydrogen) atoms. The maximum Gasteiger partial charge on any atom is 0.190 e. The van der Waals surface area contributed by atoms with Crippen LogP contribution in [0.5, 0.6) is 0 Å². The van der Waals surface area contributed by atoms with Crippen LogP contribution in [0.1, 0.15) is 12.8 Å². The number of hydrogen-bond donors (Lipinski definition) is 0. The van der Waals surface area contributed by atoms with Crippen molar-refractivity contribution < 1.29 is 13.6 Å². The molecule has 0 aliphatic carbocycles. The maximum absolute atomic E-state index is 11.8. The van der Waals surface area contributed by atoms with E-state index in [1.165, 1.54) is 0 Å². The van der Waals surface area contributed by atoms with E-state index in [1.54, 1.807) is 0 Å². The van der Waals surface area contributed by atoms with E-state index in [4.69, 9.17) is 0 Å². The van der Waals surface area contributed by atoms with Crippen molar-refractivity contribution in [1.29, 1.82) is 0 Å². The highest BCUT2D eigenvalue weighted by Gasteiger charge is 2.05. The van der Waals surface area contributed by atoms with Gasteiger partial charge in [0, 0.05) is 12.8 Å². The van der Waals surface area contributed by atoms with Crippen LogP contribution in [-0.2, 0) is 4.79 Å². The Kier molecular flexibility index (Phi) is 3.54. The number of rotatable bonds is 4. The molecule has 0 saturated carbocycles. The zero-order valence-corrected chi connectivity index (χ0v) is 5.49. The minimum atomic E-state index is -1.03. The van der Waals surface area contributed by atoms with Crippen LogP contribution < -0.4 is 0 Å². The molecule has 0 aliphatic heterocycles. The fourth-order valence-electron chi connectivity index (χ4n) is 0.385. The highest BCUT2D eigenvalue weighted by molar-refractivity contribution is 5.92. The summed E-state index contributed by atoms with van der Waals surface area (Å²) in [7, 11) is 0. The Balaban J connectivity index is 3.60. The summed E-state index contributed by atoms with van der Waals surface area (Å²) in [5, 5.41) is 0. The van der Waals surface area contributed by atoms with Crippen molar-refractivity contribution in [1.82, 2.24) is 0 Å². The molecule has 0 aromatic rings. The first kappa shape index (κ1) is 9.01. The summed E-state index contributed by atoms with van der Waals surface area (Å²) >= 11 is 0. The normalized spacial score (nSPS) is 9.00. The Morgan fingerprint density at radius 3 is 2.00 bits per heavy atom. The smallest absolute Gasteiger partial charge is 0.190 e. The minimum Gasteiger partial charge on any atom is -0.292 e. The van der Waals surface area contributed by atoms with Crippen molar-refractivity contribution >= 4 is 5.78 Å². The van der Waals surface area contributed by atoms with E-state index in [2.05, 4.69) is 13.2 Å². The molecule has 0 aliphatic rings. The molecule has 0 radical (unpaired) electrons. The van der Waals surface area contributed by atoms with Gasteiger partial charge in [-0.1, -0.05) is 13.2 Å². The van der Waals surface area contributed by atoms with Crippen molar-refractivity contribution in [2.24, 2.45) is 0 Å². The van der Waals surface area contributed by atoms with Gasteiger partial charge in [-0.25, -0.2) is 8.78 Å². The molecule has 0 bridgehead atoms. The SMILES string of the molecule is C=C(F)CCC(=O)C(=C)F. The van der Waals surface area contributed by atoms with Crippen LogP contribution in [0.25, 0.3) is 0 Å². The standard InChI is InChI=1S/C7H8F2O/c1-5(8)3-4-7(10)6(2)9/h1-4H2. The second kappa shape index (κ2) is 3.93. The zero-order chi connectivity index (χ0) is 8.15. The zero-order valence-electron chi connectivity index (χ0n) is 5.49. The third-order valence-corrected chi connectivity index (χ3v) is 0.926. The lowest BCUT2D eigenvalue weighted by Crippen LogP contribution is -1.96. The van der Waals surface area contributed by atoms with E-state index in [-0.39, 0.29) is 12.8 Å². The molecule has 1 nitrogen and oxygen atoms in total. The molecule has 0 atom stereocenters. The quantitative estimate of drug-likeness (QED) is 0.556. The van der Waals surface area contributed by atoms with E-state index in [9.17, 15) is 13.6 Å². The van der Waals surface area contributed by atoms with Gasteiger partial charge in [-0.3, -0.25) is 4.79 Å². The van der Waals surface area contributed by atoms with E-state index in [0.29, 0.717) is 0 Å². The topological polar surface area (TPSA) is 17.1 Å². The molecule has 0 fully saturated rings. The molecule has 0 N–H and O–H groups in total. The van der Waals surface area contributed by atoms with Gasteiger partial charge in [-0.05, 0) is 0 Å². The van der Waals surface area contributed by atoms with Crippen LogP contribution in [0.4, 0.5) is 8.78 Å². The predicted molar refractivity (Wildman–Crippen MR) is 34.7 cm³/mol. The van der Waals surface area contributed by atoms with E-state index in [1.807, 2.05) is 0 Å². The van der Waals surface area contributed by atoms with Crippen LogP contribution >= 0.6 is 0 Å². The number of hydrogen-bond acceptors (Lipinski definition) is 1. The molecule has 0 saturated heterocycles. The molecule has 0 aromatic carbocycles. The molecule has 0 spiro atoms. The van der Waals surface area contributed by atoms with Crippen LogP contribution in [0.2, 0.25) is 0 Å². The Hall–Kier alpha value is -0.990. The van der Waals surface area contributed by atoms with Crippen molar-refractivity contribution in [3.05, 3.63) is 24.8 Å². The van der Waals surface area contributed by atoms with Gasteiger partial charge in [-0.2, -0.15) is 0 Å². The molecule has 56 valence electrons. The van der Waals surface area contributed by atoms with Gasteiger partial charge in [0.15, 0.2) is 11.6 Å². The molecule has 0 aromatic heterocycles.